The van der Waals surface area contributed by atoms with Crippen molar-refractivity contribution in [1.82, 2.24) is 20.5 Å². The Morgan fingerprint density at radius 3 is 2.63 bits per heavy atom. The number of aromatic nitrogens is 1. The van der Waals surface area contributed by atoms with Crippen molar-refractivity contribution in [3.05, 3.63) is 88.6 Å². The molecule has 4 atom stereocenters. The number of aliphatic hydroxyl groups excluding tert-OH is 1. The van der Waals surface area contributed by atoms with E-state index in [4.69, 9.17) is 4.42 Å². The monoisotopic (exact) mass is 516 g/mol. The maximum absolute atomic E-state index is 13.6. The number of carbonyl (C=O) groups is 2. The summed E-state index contributed by atoms with van der Waals surface area (Å²) < 4.78 is 5.61. The highest BCUT2D eigenvalue weighted by atomic mass is 16.3. The minimum Gasteiger partial charge on any atom is -0.446 e. The molecular weight excluding hydrogens is 480 g/mol. The zero-order valence-electron chi connectivity index (χ0n) is 22.0. The molecule has 0 spiro atoms. The fourth-order valence-corrected chi connectivity index (χ4v) is 5.66. The van der Waals surface area contributed by atoms with Gasteiger partial charge in [-0.2, -0.15) is 0 Å². The van der Waals surface area contributed by atoms with Crippen LogP contribution in [-0.2, 0) is 6.42 Å². The Kier molecular flexibility index (Phi) is 7.90. The molecule has 200 valence electrons. The van der Waals surface area contributed by atoms with Crippen LogP contribution in [0, 0.1) is 13.8 Å². The van der Waals surface area contributed by atoms with Crippen molar-refractivity contribution in [3.8, 4) is 0 Å². The molecule has 0 unspecified atom stereocenters. The van der Waals surface area contributed by atoms with Gasteiger partial charge in [-0.05, 0) is 81.8 Å². The molecular formula is C30H36N4O4. The van der Waals surface area contributed by atoms with Crippen LogP contribution in [0.1, 0.15) is 75.2 Å². The number of likely N-dealkylation sites (tertiary alicyclic amines) is 1. The van der Waals surface area contributed by atoms with Crippen LogP contribution in [0.15, 0.2) is 59.2 Å². The number of aliphatic hydroxyl groups is 1. The highest BCUT2D eigenvalue weighted by Gasteiger charge is 2.35. The quantitative estimate of drug-likeness (QED) is 0.421. The number of benzene rings is 2. The van der Waals surface area contributed by atoms with Gasteiger partial charge in [0.15, 0.2) is 0 Å². The van der Waals surface area contributed by atoms with Gasteiger partial charge in [0.2, 0.25) is 5.89 Å². The van der Waals surface area contributed by atoms with Gasteiger partial charge in [0, 0.05) is 23.7 Å². The molecule has 8 nitrogen and oxygen atoms in total. The van der Waals surface area contributed by atoms with Gasteiger partial charge in [-0.1, -0.05) is 30.3 Å². The minimum absolute atomic E-state index is 0.0652. The third-order valence-electron chi connectivity index (χ3n) is 7.56. The summed E-state index contributed by atoms with van der Waals surface area (Å²) in [5, 5.41) is 17.6. The van der Waals surface area contributed by atoms with Crippen molar-refractivity contribution in [1.29, 1.82) is 0 Å². The molecule has 0 radical (unpaired) electrons. The smallest absolute Gasteiger partial charge is 0.254 e. The molecule has 5 rings (SSSR count). The van der Waals surface area contributed by atoms with Gasteiger partial charge < -0.3 is 25.1 Å². The molecule has 2 aliphatic rings. The minimum atomic E-state index is -0.734. The summed E-state index contributed by atoms with van der Waals surface area (Å²) in [6.45, 7) is 5.22. The first kappa shape index (κ1) is 26.1. The SMILES string of the molecule is Cc1cc(C(=O)N[C@@H](Cc2ccccc2)[C@H](O)[C@H]2CCCN2)cc(C(=O)N2CCC[C@@H]2c2nc(C)co2)c1. The van der Waals surface area contributed by atoms with Crippen LogP contribution in [0.4, 0.5) is 0 Å². The number of hydrogen-bond donors (Lipinski definition) is 3. The van der Waals surface area contributed by atoms with Gasteiger partial charge in [0.1, 0.15) is 12.3 Å². The van der Waals surface area contributed by atoms with Crippen LogP contribution in [0.25, 0.3) is 0 Å². The summed E-state index contributed by atoms with van der Waals surface area (Å²) in [6.07, 6.45) is 4.90. The van der Waals surface area contributed by atoms with E-state index in [1.807, 2.05) is 50.2 Å². The van der Waals surface area contributed by atoms with E-state index in [0.717, 1.165) is 49.0 Å². The van der Waals surface area contributed by atoms with Gasteiger partial charge >= 0.3 is 0 Å². The highest BCUT2D eigenvalue weighted by molar-refractivity contribution is 6.00. The van der Waals surface area contributed by atoms with Crippen molar-refractivity contribution in [2.24, 2.45) is 0 Å². The van der Waals surface area contributed by atoms with E-state index in [1.165, 1.54) is 0 Å². The molecule has 8 heteroatoms. The Labute approximate surface area is 223 Å². The van der Waals surface area contributed by atoms with E-state index in [1.54, 1.807) is 23.3 Å². The first-order valence-corrected chi connectivity index (χ1v) is 13.5. The van der Waals surface area contributed by atoms with E-state index in [2.05, 4.69) is 15.6 Å². The lowest BCUT2D eigenvalue weighted by Gasteiger charge is -2.29. The lowest BCUT2D eigenvalue weighted by Crippen LogP contribution is -2.52. The van der Waals surface area contributed by atoms with E-state index in [-0.39, 0.29) is 23.9 Å². The number of nitrogens with zero attached hydrogens (tertiary/aromatic N) is 2. The van der Waals surface area contributed by atoms with Crippen LogP contribution >= 0.6 is 0 Å². The second-order valence-corrected chi connectivity index (χ2v) is 10.5. The molecule has 2 fully saturated rings. The first-order valence-electron chi connectivity index (χ1n) is 13.5. The van der Waals surface area contributed by atoms with Crippen molar-refractivity contribution in [2.75, 3.05) is 13.1 Å². The molecule has 38 heavy (non-hydrogen) atoms. The average Bonchev–Trinajstić information content (AvgIpc) is 3.69. The lowest BCUT2D eigenvalue weighted by molar-refractivity contribution is 0.0715. The third kappa shape index (κ3) is 5.81. The second kappa shape index (κ2) is 11.5. The van der Waals surface area contributed by atoms with Gasteiger partial charge in [-0.25, -0.2) is 4.98 Å². The van der Waals surface area contributed by atoms with Crippen LogP contribution < -0.4 is 10.6 Å². The van der Waals surface area contributed by atoms with Crippen molar-refractivity contribution in [3.63, 3.8) is 0 Å². The van der Waals surface area contributed by atoms with Gasteiger partial charge in [0.05, 0.1) is 17.8 Å². The van der Waals surface area contributed by atoms with Gasteiger partial charge in [-0.3, -0.25) is 9.59 Å². The molecule has 2 aromatic carbocycles. The Bertz CT molecular complexity index is 1270. The molecule has 3 N–H and O–H groups in total. The summed E-state index contributed by atoms with van der Waals surface area (Å²) in [7, 11) is 0. The molecule has 3 aromatic rings. The predicted molar refractivity (Wildman–Crippen MR) is 144 cm³/mol. The average molecular weight is 517 g/mol. The number of hydrogen-bond acceptors (Lipinski definition) is 6. The standard InChI is InChI=1S/C30H36N4O4/c1-19-14-22(17-23(15-19)30(37)34-13-7-11-26(34)29-32-20(2)18-38-29)28(36)33-25(16-21-8-4-3-5-9-21)27(35)24-10-6-12-31-24/h3-5,8-9,14-15,17-18,24-27,31,35H,6-7,10-13,16H2,1-2H3,(H,33,36)/t24-,25+,26-,27-/m1/s1. The van der Waals surface area contributed by atoms with E-state index >= 15 is 0 Å². The Morgan fingerprint density at radius 1 is 1.13 bits per heavy atom. The number of amides is 2. The van der Waals surface area contributed by atoms with E-state index < -0.39 is 12.1 Å². The van der Waals surface area contributed by atoms with E-state index in [9.17, 15) is 14.7 Å². The molecule has 0 saturated carbocycles. The fraction of sp³-hybridized carbons (Fsp3) is 0.433. The zero-order chi connectivity index (χ0) is 26.6. The summed E-state index contributed by atoms with van der Waals surface area (Å²) in [4.78, 5) is 33.3. The maximum atomic E-state index is 13.6. The Morgan fingerprint density at radius 2 is 1.92 bits per heavy atom. The van der Waals surface area contributed by atoms with Gasteiger partial charge in [0.25, 0.3) is 11.8 Å². The van der Waals surface area contributed by atoms with Crippen molar-refractivity contribution >= 4 is 11.8 Å². The topological polar surface area (TPSA) is 108 Å². The highest BCUT2D eigenvalue weighted by Crippen LogP contribution is 2.33. The Hall–Kier alpha value is -3.49. The summed E-state index contributed by atoms with van der Waals surface area (Å²) in [5.74, 6) is 0.108. The summed E-state index contributed by atoms with van der Waals surface area (Å²) in [6, 6.07) is 14.4. The number of oxazole rings is 1. The predicted octanol–water partition coefficient (Wildman–Crippen LogP) is 3.72. The Balaban J connectivity index is 1.36. The molecule has 1 aromatic heterocycles. The van der Waals surface area contributed by atoms with Gasteiger partial charge in [-0.15, -0.1) is 0 Å². The van der Waals surface area contributed by atoms with Crippen LogP contribution in [-0.4, -0.2) is 58.1 Å². The van der Waals surface area contributed by atoms with Crippen LogP contribution in [0.3, 0.4) is 0 Å². The number of carbonyl (C=O) groups excluding carboxylic acids is 2. The first-order chi connectivity index (χ1) is 18.4. The van der Waals surface area contributed by atoms with Crippen molar-refractivity contribution < 1.29 is 19.1 Å². The lowest BCUT2D eigenvalue weighted by atomic mass is 9.95. The maximum Gasteiger partial charge on any atom is 0.254 e. The fourth-order valence-electron chi connectivity index (χ4n) is 5.66. The molecule has 3 heterocycles. The summed E-state index contributed by atoms with van der Waals surface area (Å²) in [5.41, 5.74) is 3.51. The second-order valence-electron chi connectivity index (χ2n) is 10.5. The number of aryl methyl sites for hydroxylation is 2. The number of rotatable bonds is 8. The molecule has 2 saturated heterocycles. The molecule has 0 bridgehead atoms. The molecule has 2 aliphatic heterocycles. The van der Waals surface area contributed by atoms with Crippen LogP contribution in [0.2, 0.25) is 0 Å². The molecule has 2 amide bonds. The van der Waals surface area contributed by atoms with E-state index in [0.29, 0.717) is 30.0 Å². The van der Waals surface area contributed by atoms with Crippen LogP contribution in [0.5, 0.6) is 0 Å². The largest absolute Gasteiger partial charge is 0.446 e. The zero-order valence-corrected chi connectivity index (χ0v) is 22.0. The van der Waals surface area contributed by atoms with Crippen molar-refractivity contribution in [2.45, 2.75) is 70.2 Å². The third-order valence-corrected chi connectivity index (χ3v) is 7.56. The number of nitrogens with one attached hydrogen (secondary N) is 2. The molecule has 0 aliphatic carbocycles. The summed E-state index contributed by atoms with van der Waals surface area (Å²) >= 11 is 0. The normalized spacial score (nSPS) is 20.9.